The largest absolute Gasteiger partial charge is 0.449 e. The first kappa shape index (κ1) is 12.8. The normalized spacial score (nSPS) is 12.5. The number of nitrogens with one attached hydrogen (secondary N) is 1. The van der Waals surface area contributed by atoms with E-state index in [9.17, 15) is 5.11 Å². The molecule has 0 fully saturated rings. The molecule has 0 aliphatic carbocycles. The van der Waals surface area contributed by atoms with E-state index in [2.05, 4.69) is 5.32 Å². The van der Waals surface area contributed by atoms with Crippen molar-refractivity contribution in [2.24, 2.45) is 0 Å². The minimum absolute atomic E-state index is 0.304. The molecular weight excluding hydrogens is 204 g/mol. The molecule has 0 aliphatic heterocycles. The van der Waals surface area contributed by atoms with Gasteiger partial charge in [-0.2, -0.15) is 5.26 Å². The Morgan fingerprint density at radius 2 is 2.00 bits per heavy atom. The molecule has 1 heterocycles. The third-order valence-electron chi connectivity index (χ3n) is 3.01. The Kier molecular flexibility index (Phi) is 3.41. The van der Waals surface area contributed by atoms with E-state index < -0.39 is 11.1 Å². The van der Waals surface area contributed by atoms with Crippen LogP contribution in [0.2, 0.25) is 0 Å². The van der Waals surface area contributed by atoms with Crippen molar-refractivity contribution in [1.82, 2.24) is 5.32 Å². The molecule has 0 atom stereocenters. The number of aliphatic hydroxyl groups is 1. The highest BCUT2D eigenvalue weighted by Crippen LogP contribution is 2.21. The molecule has 4 nitrogen and oxygen atoms in total. The highest BCUT2D eigenvalue weighted by atomic mass is 16.3. The lowest BCUT2D eigenvalue weighted by Crippen LogP contribution is -2.55. The van der Waals surface area contributed by atoms with Crippen molar-refractivity contribution in [3.05, 3.63) is 23.7 Å². The molecule has 2 N–H and O–H groups in total. The standard InChI is InChI=1S/C12H18N2O2/c1-11(2,12(3,4)15)14-8-10-6-5-9(7-13)16-10/h5-6,14-15H,8H2,1-4H3. The Morgan fingerprint density at radius 3 is 2.44 bits per heavy atom. The van der Waals surface area contributed by atoms with Crippen LogP contribution in [0.5, 0.6) is 0 Å². The van der Waals surface area contributed by atoms with Crippen LogP contribution in [0.4, 0.5) is 0 Å². The molecule has 0 spiro atoms. The molecule has 0 aliphatic rings. The number of furan rings is 1. The zero-order valence-corrected chi connectivity index (χ0v) is 10.2. The first-order valence-corrected chi connectivity index (χ1v) is 5.22. The van der Waals surface area contributed by atoms with Crippen molar-refractivity contribution >= 4 is 0 Å². The first-order chi connectivity index (χ1) is 7.26. The van der Waals surface area contributed by atoms with E-state index >= 15 is 0 Å². The lowest BCUT2D eigenvalue weighted by atomic mass is 9.86. The second-order valence-electron chi connectivity index (χ2n) is 4.92. The quantitative estimate of drug-likeness (QED) is 0.815. The molecule has 1 rings (SSSR count). The molecule has 0 unspecified atom stereocenters. The minimum atomic E-state index is -0.836. The number of nitrogens with zero attached hydrogens (tertiary/aromatic N) is 1. The Bertz CT molecular complexity index is 394. The van der Waals surface area contributed by atoms with Crippen LogP contribution in [0.25, 0.3) is 0 Å². The van der Waals surface area contributed by atoms with E-state index in [1.54, 1.807) is 26.0 Å². The van der Waals surface area contributed by atoms with Gasteiger partial charge in [0.05, 0.1) is 12.1 Å². The molecular formula is C12H18N2O2. The molecule has 16 heavy (non-hydrogen) atoms. The Hall–Kier alpha value is -1.31. The zero-order valence-electron chi connectivity index (χ0n) is 10.2. The molecule has 1 aromatic heterocycles. The van der Waals surface area contributed by atoms with Gasteiger partial charge in [-0.05, 0) is 39.8 Å². The molecule has 0 saturated heterocycles. The number of hydrogen-bond donors (Lipinski definition) is 2. The molecule has 88 valence electrons. The van der Waals surface area contributed by atoms with Gasteiger partial charge in [-0.1, -0.05) is 0 Å². The summed E-state index contributed by atoms with van der Waals surface area (Å²) in [6.07, 6.45) is 0. The van der Waals surface area contributed by atoms with E-state index in [0.717, 1.165) is 0 Å². The third-order valence-corrected chi connectivity index (χ3v) is 3.01. The maximum absolute atomic E-state index is 9.93. The van der Waals surface area contributed by atoms with Crippen molar-refractivity contribution in [2.75, 3.05) is 0 Å². The van der Waals surface area contributed by atoms with Crippen LogP contribution in [0.3, 0.4) is 0 Å². The summed E-state index contributed by atoms with van der Waals surface area (Å²) < 4.78 is 5.24. The molecule has 0 saturated carbocycles. The smallest absolute Gasteiger partial charge is 0.203 e. The van der Waals surface area contributed by atoms with Gasteiger partial charge in [-0.25, -0.2) is 0 Å². The third kappa shape index (κ3) is 2.84. The Labute approximate surface area is 95.9 Å². The van der Waals surface area contributed by atoms with Gasteiger partial charge in [0.15, 0.2) is 0 Å². The van der Waals surface area contributed by atoms with Crippen LogP contribution in [0.1, 0.15) is 39.2 Å². The summed E-state index contributed by atoms with van der Waals surface area (Å²) in [6.45, 7) is 7.83. The second kappa shape index (κ2) is 4.28. The SMILES string of the molecule is CC(C)(O)C(C)(C)NCc1ccc(C#N)o1. The van der Waals surface area contributed by atoms with E-state index in [0.29, 0.717) is 18.1 Å². The highest BCUT2D eigenvalue weighted by molar-refractivity contribution is 5.19. The van der Waals surface area contributed by atoms with Crippen molar-refractivity contribution < 1.29 is 9.52 Å². The van der Waals surface area contributed by atoms with Gasteiger partial charge in [0, 0.05) is 5.54 Å². The average molecular weight is 222 g/mol. The van der Waals surface area contributed by atoms with Gasteiger partial charge in [0.1, 0.15) is 11.8 Å². The van der Waals surface area contributed by atoms with Crippen molar-refractivity contribution in [1.29, 1.82) is 5.26 Å². The van der Waals surface area contributed by atoms with Gasteiger partial charge in [0.2, 0.25) is 5.76 Å². The van der Waals surface area contributed by atoms with Crippen molar-refractivity contribution in [2.45, 2.75) is 45.4 Å². The van der Waals surface area contributed by atoms with E-state index in [1.807, 2.05) is 19.9 Å². The van der Waals surface area contributed by atoms with Crippen LogP contribution < -0.4 is 5.32 Å². The number of nitriles is 1. The van der Waals surface area contributed by atoms with Crippen LogP contribution >= 0.6 is 0 Å². The van der Waals surface area contributed by atoms with Gasteiger partial charge >= 0.3 is 0 Å². The molecule has 0 aromatic carbocycles. The summed E-state index contributed by atoms with van der Waals surface area (Å²) in [5.74, 6) is 0.992. The van der Waals surface area contributed by atoms with Gasteiger partial charge in [-0.3, -0.25) is 0 Å². The minimum Gasteiger partial charge on any atom is -0.449 e. The monoisotopic (exact) mass is 222 g/mol. The van der Waals surface area contributed by atoms with Gasteiger partial charge in [-0.15, -0.1) is 0 Å². The second-order valence-corrected chi connectivity index (χ2v) is 4.92. The summed E-state index contributed by atoms with van der Waals surface area (Å²) >= 11 is 0. The molecule has 4 heteroatoms. The maximum atomic E-state index is 9.93. The lowest BCUT2D eigenvalue weighted by molar-refractivity contribution is -0.00602. The summed E-state index contributed by atoms with van der Waals surface area (Å²) in [5.41, 5.74) is -1.27. The highest BCUT2D eigenvalue weighted by Gasteiger charge is 2.34. The molecule has 0 radical (unpaired) electrons. The summed E-state index contributed by atoms with van der Waals surface area (Å²) in [6, 6.07) is 5.32. The van der Waals surface area contributed by atoms with Crippen LogP contribution in [-0.4, -0.2) is 16.2 Å². The van der Waals surface area contributed by atoms with Crippen LogP contribution in [-0.2, 0) is 6.54 Å². The predicted molar refractivity (Wildman–Crippen MR) is 60.6 cm³/mol. The fourth-order valence-electron chi connectivity index (χ4n) is 1.06. The topological polar surface area (TPSA) is 69.2 Å². The van der Waals surface area contributed by atoms with Gasteiger partial charge in [0.25, 0.3) is 0 Å². The fraction of sp³-hybridized carbons (Fsp3) is 0.583. The fourth-order valence-corrected chi connectivity index (χ4v) is 1.06. The maximum Gasteiger partial charge on any atom is 0.203 e. The molecule has 1 aromatic rings. The zero-order chi connectivity index (χ0) is 12.4. The summed E-state index contributed by atoms with van der Waals surface area (Å²) in [4.78, 5) is 0. The first-order valence-electron chi connectivity index (χ1n) is 5.22. The van der Waals surface area contributed by atoms with Crippen LogP contribution in [0.15, 0.2) is 16.5 Å². The Morgan fingerprint density at radius 1 is 1.38 bits per heavy atom. The number of rotatable bonds is 4. The van der Waals surface area contributed by atoms with Crippen LogP contribution in [0, 0.1) is 11.3 Å². The lowest BCUT2D eigenvalue weighted by Gasteiger charge is -2.38. The van der Waals surface area contributed by atoms with Crippen molar-refractivity contribution in [3.8, 4) is 6.07 Å². The summed E-state index contributed by atoms with van der Waals surface area (Å²) in [7, 11) is 0. The Balaban J connectivity index is 2.62. The molecule has 0 bridgehead atoms. The molecule has 0 amide bonds. The van der Waals surface area contributed by atoms with Crippen molar-refractivity contribution in [3.63, 3.8) is 0 Å². The van der Waals surface area contributed by atoms with E-state index in [1.165, 1.54) is 0 Å². The van der Waals surface area contributed by atoms with E-state index in [-0.39, 0.29) is 0 Å². The average Bonchev–Trinajstić information content (AvgIpc) is 2.60. The van der Waals surface area contributed by atoms with E-state index in [4.69, 9.17) is 9.68 Å². The van der Waals surface area contributed by atoms with Gasteiger partial charge < -0.3 is 14.8 Å². The predicted octanol–water partition coefficient (Wildman–Crippen LogP) is 1.79. The number of hydrogen-bond acceptors (Lipinski definition) is 4. The summed E-state index contributed by atoms with van der Waals surface area (Å²) in [5, 5.41) is 21.7.